The van der Waals surface area contributed by atoms with Gasteiger partial charge >= 0.3 is 6.03 Å². The van der Waals surface area contributed by atoms with Crippen molar-refractivity contribution in [2.45, 2.75) is 19.8 Å². The smallest absolute Gasteiger partial charge is 0.319 e. The molecular formula is C16H18N6OS. The minimum atomic E-state index is -0.233. The second kappa shape index (κ2) is 7.22. The molecular weight excluding hydrogens is 324 g/mol. The quantitative estimate of drug-likeness (QED) is 0.746. The number of benzene rings is 1. The zero-order chi connectivity index (χ0) is 16.9. The summed E-state index contributed by atoms with van der Waals surface area (Å²) in [6, 6.07) is 7.15. The lowest BCUT2D eigenvalue weighted by atomic mass is 10.2. The Morgan fingerprint density at radius 2 is 2.12 bits per heavy atom. The zero-order valence-corrected chi connectivity index (χ0v) is 14.2. The van der Waals surface area contributed by atoms with Gasteiger partial charge in [0.25, 0.3) is 0 Å². The van der Waals surface area contributed by atoms with E-state index in [1.165, 1.54) is 4.88 Å². The topological polar surface area (TPSA) is 84.7 Å². The van der Waals surface area contributed by atoms with Gasteiger partial charge in [0.2, 0.25) is 0 Å². The van der Waals surface area contributed by atoms with E-state index in [4.69, 9.17) is 0 Å². The summed E-state index contributed by atoms with van der Waals surface area (Å²) in [4.78, 5) is 17.5. The Labute approximate surface area is 143 Å². The van der Waals surface area contributed by atoms with Gasteiger partial charge in [-0.25, -0.2) is 14.5 Å². The van der Waals surface area contributed by atoms with Crippen LogP contribution in [0.3, 0.4) is 0 Å². The fraction of sp³-hybridized carbons (Fsp3) is 0.250. The maximum absolute atomic E-state index is 12.0. The van der Waals surface area contributed by atoms with Gasteiger partial charge in [-0.3, -0.25) is 0 Å². The van der Waals surface area contributed by atoms with Crippen molar-refractivity contribution in [2.24, 2.45) is 0 Å². The number of amides is 2. The molecule has 8 heteroatoms. The standard InChI is InChI=1S/C16H18N6OS/c1-11(15-17-10-12(2)24-15)9-18-16(23)20-13-3-5-14(6-4-13)22-8-7-19-21-22/h3-8,10-11H,9H2,1-2H3,(H2,18,20,23)/t11-/m0/s1. The lowest BCUT2D eigenvalue weighted by Crippen LogP contribution is -2.31. The summed E-state index contributed by atoms with van der Waals surface area (Å²) in [7, 11) is 0. The minimum Gasteiger partial charge on any atom is -0.337 e. The number of rotatable bonds is 5. The summed E-state index contributed by atoms with van der Waals surface area (Å²) < 4.78 is 1.65. The fourth-order valence-corrected chi connectivity index (χ4v) is 2.98. The van der Waals surface area contributed by atoms with Gasteiger partial charge < -0.3 is 10.6 Å². The lowest BCUT2D eigenvalue weighted by Gasteiger charge is -2.11. The molecule has 0 spiro atoms. The SMILES string of the molecule is Cc1cnc([C@@H](C)CNC(=O)Nc2ccc(-n3ccnn3)cc2)s1. The molecule has 3 rings (SSSR count). The summed E-state index contributed by atoms with van der Waals surface area (Å²) in [5.41, 5.74) is 1.60. The molecule has 1 aromatic carbocycles. The van der Waals surface area contributed by atoms with Gasteiger partial charge in [0.15, 0.2) is 0 Å². The van der Waals surface area contributed by atoms with E-state index in [-0.39, 0.29) is 11.9 Å². The summed E-state index contributed by atoms with van der Waals surface area (Å²) in [6.45, 7) is 4.61. The molecule has 0 unspecified atom stereocenters. The number of anilines is 1. The molecule has 0 saturated heterocycles. The van der Waals surface area contributed by atoms with E-state index in [1.807, 2.05) is 44.3 Å². The number of carbonyl (C=O) groups excluding carboxylic acids is 1. The van der Waals surface area contributed by atoms with E-state index in [2.05, 4.69) is 25.9 Å². The first-order valence-corrected chi connectivity index (χ1v) is 8.37. The first-order valence-electron chi connectivity index (χ1n) is 7.56. The highest BCUT2D eigenvalue weighted by atomic mass is 32.1. The number of carbonyl (C=O) groups is 1. The van der Waals surface area contributed by atoms with Crippen LogP contribution >= 0.6 is 11.3 Å². The third-order valence-corrected chi connectivity index (χ3v) is 4.59. The molecule has 2 aromatic heterocycles. The highest BCUT2D eigenvalue weighted by Crippen LogP contribution is 2.20. The Bertz CT molecular complexity index is 796. The van der Waals surface area contributed by atoms with Gasteiger partial charge in [0, 0.05) is 29.2 Å². The van der Waals surface area contributed by atoms with Crippen LogP contribution in [0.25, 0.3) is 5.69 Å². The molecule has 3 aromatic rings. The zero-order valence-electron chi connectivity index (χ0n) is 13.4. The van der Waals surface area contributed by atoms with E-state index in [1.54, 1.807) is 28.4 Å². The van der Waals surface area contributed by atoms with Gasteiger partial charge in [-0.15, -0.1) is 16.4 Å². The molecule has 124 valence electrons. The molecule has 1 atom stereocenters. The largest absolute Gasteiger partial charge is 0.337 e. The van der Waals surface area contributed by atoms with Crippen molar-refractivity contribution in [1.29, 1.82) is 0 Å². The van der Waals surface area contributed by atoms with E-state index in [0.717, 1.165) is 10.7 Å². The number of hydrogen-bond donors (Lipinski definition) is 2. The minimum absolute atomic E-state index is 0.184. The van der Waals surface area contributed by atoms with Gasteiger partial charge in [-0.1, -0.05) is 12.1 Å². The Balaban J connectivity index is 1.51. The van der Waals surface area contributed by atoms with Crippen LogP contribution < -0.4 is 10.6 Å². The highest BCUT2D eigenvalue weighted by Gasteiger charge is 2.11. The number of aromatic nitrogens is 4. The Morgan fingerprint density at radius 1 is 1.33 bits per heavy atom. The average molecular weight is 342 g/mol. The van der Waals surface area contributed by atoms with Crippen molar-refractivity contribution in [3.05, 3.63) is 52.7 Å². The Morgan fingerprint density at radius 3 is 2.75 bits per heavy atom. The number of hydrogen-bond acceptors (Lipinski definition) is 5. The summed E-state index contributed by atoms with van der Waals surface area (Å²) in [5, 5.41) is 14.4. The van der Waals surface area contributed by atoms with Crippen molar-refractivity contribution in [1.82, 2.24) is 25.3 Å². The molecule has 0 fully saturated rings. The van der Waals surface area contributed by atoms with Crippen LogP contribution in [0.5, 0.6) is 0 Å². The summed E-state index contributed by atoms with van der Waals surface area (Å²) in [6.07, 6.45) is 5.23. The molecule has 0 saturated carbocycles. The number of urea groups is 1. The molecule has 7 nitrogen and oxygen atoms in total. The molecule has 0 bridgehead atoms. The van der Waals surface area contributed by atoms with Crippen LogP contribution in [0, 0.1) is 6.92 Å². The van der Waals surface area contributed by atoms with Crippen LogP contribution in [0.1, 0.15) is 22.7 Å². The monoisotopic (exact) mass is 342 g/mol. The molecule has 0 aliphatic heterocycles. The van der Waals surface area contributed by atoms with Gasteiger partial charge in [-0.05, 0) is 31.2 Å². The van der Waals surface area contributed by atoms with Crippen molar-refractivity contribution >= 4 is 23.1 Å². The predicted octanol–water partition coefficient (Wildman–Crippen LogP) is 2.96. The molecule has 0 aliphatic rings. The van der Waals surface area contributed by atoms with Gasteiger partial charge in [0.1, 0.15) is 0 Å². The number of nitrogens with one attached hydrogen (secondary N) is 2. The first-order chi connectivity index (χ1) is 11.6. The Hall–Kier alpha value is -2.74. The maximum Gasteiger partial charge on any atom is 0.319 e. The van der Waals surface area contributed by atoms with Crippen LogP contribution in [-0.4, -0.2) is 32.6 Å². The van der Waals surface area contributed by atoms with Gasteiger partial charge in [-0.2, -0.15) is 0 Å². The van der Waals surface area contributed by atoms with E-state index in [9.17, 15) is 4.79 Å². The fourth-order valence-electron chi connectivity index (χ4n) is 2.15. The highest BCUT2D eigenvalue weighted by molar-refractivity contribution is 7.11. The lowest BCUT2D eigenvalue weighted by molar-refractivity contribution is 0.251. The van der Waals surface area contributed by atoms with Gasteiger partial charge in [0.05, 0.1) is 23.1 Å². The molecule has 2 N–H and O–H groups in total. The molecule has 0 aliphatic carbocycles. The number of aryl methyl sites for hydroxylation is 1. The summed E-state index contributed by atoms with van der Waals surface area (Å²) in [5.74, 6) is 0.184. The second-order valence-electron chi connectivity index (χ2n) is 5.44. The van der Waals surface area contributed by atoms with Crippen molar-refractivity contribution in [2.75, 3.05) is 11.9 Å². The summed E-state index contributed by atoms with van der Waals surface area (Å²) >= 11 is 1.66. The van der Waals surface area contributed by atoms with E-state index < -0.39 is 0 Å². The molecule has 24 heavy (non-hydrogen) atoms. The van der Waals surface area contributed by atoms with E-state index >= 15 is 0 Å². The third kappa shape index (κ3) is 3.96. The molecule has 0 radical (unpaired) electrons. The first kappa shape index (κ1) is 16.1. The van der Waals surface area contributed by atoms with Crippen molar-refractivity contribution < 1.29 is 4.79 Å². The molecule has 2 amide bonds. The van der Waals surface area contributed by atoms with Crippen LogP contribution in [0.15, 0.2) is 42.9 Å². The maximum atomic E-state index is 12.0. The Kier molecular flexibility index (Phi) is 4.85. The average Bonchev–Trinajstić information content (AvgIpc) is 3.25. The molecule has 2 heterocycles. The number of nitrogens with zero attached hydrogens (tertiary/aromatic N) is 4. The normalized spacial score (nSPS) is 11.9. The van der Waals surface area contributed by atoms with Crippen LogP contribution in [-0.2, 0) is 0 Å². The second-order valence-corrected chi connectivity index (χ2v) is 6.71. The van der Waals surface area contributed by atoms with Crippen LogP contribution in [0.2, 0.25) is 0 Å². The van der Waals surface area contributed by atoms with Crippen LogP contribution in [0.4, 0.5) is 10.5 Å². The van der Waals surface area contributed by atoms with Crippen molar-refractivity contribution in [3.8, 4) is 5.69 Å². The predicted molar refractivity (Wildman–Crippen MR) is 93.6 cm³/mol. The number of thiazole rings is 1. The van der Waals surface area contributed by atoms with E-state index in [0.29, 0.717) is 12.2 Å². The van der Waals surface area contributed by atoms with Crippen molar-refractivity contribution in [3.63, 3.8) is 0 Å². The third-order valence-electron chi connectivity index (χ3n) is 3.44.